The van der Waals surface area contributed by atoms with Crippen molar-refractivity contribution in [3.8, 4) is 5.75 Å². The summed E-state index contributed by atoms with van der Waals surface area (Å²) in [7, 11) is 0. The van der Waals surface area contributed by atoms with Gasteiger partial charge in [-0.3, -0.25) is 57.5 Å². The van der Waals surface area contributed by atoms with Crippen LogP contribution in [0.2, 0.25) is 0 Å². The van der Waals surface area contributed by atoms with Crippen LogP contribution in [0.5, 0.6) is 5.75 Å². The summed E-state index contributed by atoms with van der Waals surface area (Å²) in [6.45, 7) is 4.52. The number of phenols is 1. The number of nitrogens with one attached hydrogen (secondary N) is 14. The van der Waals surface area contributed by atoms with Gasteiger partial charge in [0, 0.05) is 59.9 Å². The van der Waals surface area contributed by atoms with Gasteiger partial charge in [-0.05, 0) is 138 Å². The fraction of sp³-hybridized carbons (Fsp3) is 0.551. The van der Waals surface area contributed by atoms with E-state index in [2.05, 4.69) is 75.4 Å². The third-order valence-electron chi connectivity index (χ3n) is 19.4. The molecule has 3 aromatic carbocycles. The van der Waals surface area contributed by atoms with Crippen molar-refractivity contribution in [1.29, 1.82) is 0 Å². The number of phenolic OH excluding ortho intramolecular Hbond substituents is 1. The predicted molar refractivity (Wildman–Crippen MR) is 423 cm³/mol. The molecule has 26 N–H and O–H groups in total. The maximum absolute atomic E-state index is 15.0. The zero-order chi connectivity index (χ0) is 82.9. The molecule has 0 aliphatic heterocycles. The number of carboxylic acid groups (broad SMARTS) is 1. The first-order valence-electron chi connectivity index (χ1n) is 39.0. The van der Waals surface area contributed by atoms with Gasteiger partial charge in [0.2, 0.25) is 70.9 Å². The fourth-order valence-electron chi connectivity index (χ4n) is 12.6. The Morgan fingerprint density at radius 3 is 1.23 bits per heavy atom. The number of rotatable bonds is 54. The number of aromatic hydroxyl groups is 1. The van der Waals surface area contributed by atoms with Gasteiger partial charge >= 0.3 is 5.97 Å². The standard InChI is InChI=1S/C78H118N18O17/c1-5-7-8-9-10-11-12-29-64(100)87-57(26-18-35-80)70(104)92-60(38-48-30-32-51(99)33-31-48)73(107)94-61(39-49-41-83-54-23-15-13-21-52(49)54)74(108)91-59(28-20-37-82)72(106)90-56(25-17-34-79)69(103)85-43-65(101)88-58(27-19-36-81)71(105)93-62(40-50-42-84-55-24-16-14-22-53(50)55)75(109)96-68(47(4)98)77(111)95-67(46(3)6-2)76(110)86-44-66(102)89-63(45-97)78(112)113/h13-16,21-24,30-33,41-42,46-47,56-63,67-68,83-84,97-99H,5-12,17-20,25-29,34-40,43-45,79-82H2,1-4H3,(H,85,103)(H,86,110)(H,87,100)(H,88,101)(H,89,102)(H,90,106)(H,91,108)(H,92,104)(H,93,105)(H,94,107)(H,95,111)(H,96,109)(H,112,113)/t46-,47+,56-,57+,58+,59+,60+,61+,62-,63-,67-,68-/m0/s1. The average molecular weight is 1580 g/mol. The molecule has 0 bridgehead atoms. The molecule has 0 saturated carbocycles. The van der Waals surface area contributed by atoms with Crippen LogP contribution in [0.15, 0.2) is 85.2 Å². The quantitative estimate of drug-likeness (QED) is 0.0209. The molecule has 0 unspecified atom stereocenters. The number of carbonyl (C=O) groups excluding carboxylic acids is 12. The monoisotopic (exact) mass is 1580 g/mol. The highest BCUT2D eigenvalue weighted by Crippen LogP contribution is 2.23. The number of unbranched alkanes of at least 4 members (excludes halogenated alkanes) is 6. The number of carbonyl (C=O) groups is 13. The Morgan fingerprint density at radius 2 is 0.788 bits per heavy atom. The lowest BCUT2D eigenvalue weighted by molar-refractivity contribution is -0.143. The number of H-pyrrole nitrogens is 2. The highest BCUT2D eigenvalue weighted by molar-refractivity contribution is 6.00. The van der Waals surface area contributed by atoms with Gasteiger partial charge in [0.25, 0.3) is 0 Å². The van der Waals surface area contributed by atoms with Crippen LogP contribution in [0.25, 0.3) is 21.8 Å². The molecule has 2 aromatic heterocycles. The van der Waals surface area contributed by atoms with Crippen molar-refractivity contribution in [3.05, 3.63) is 102 Å². The molecule has 12 amide bonds. The number of amides is 12. The Morgan fingerprint density at radius 1 is 0.407 bits per heavy atom. The number of aromatic amines is 2. The summed E-state index contributed by atoms with van der Waals surface area (Å²) in [5.74, 6) is -12.4. The lowest BCUT2D eigenvalue weighted by atomic mass is 9.97. The highest BCUT2D eigenvalue weighted by Gasteiger charge is 2.38. The van der Waals surface area contributed by atoms with Gasteiger partial charge in [-0.2, -0.15) is 0 Å². The number of carboxylic acids is 1. The van der Waals surface area contributed by atoms with E-state index >= 15 is 4.79 Å². The minimum Gasteiger partial charge on any atom is -0.508 e. The van der Waals surface area contributed by atoms with Crippen LogP contribution in [0.1, 0.15) is 154 Å². The molecule has 0 saturated heterocycles. The van der Waals surface area contributed by atoms with E-state index in [4.69, 9.17) is 22.9 Å². The van der Waals surface area contributed by atoms with Gasteiger partial charge in [0.05, 0.1) is 25.8 Å². The SMILES string of the molecule is CCCCCCCCCC(=O)N[C@H](CCCN)C(=O)N[C@H](Cc1ccc(O)cc1)C(=O)N[C@H](Cc1c[nH]c2ccccc12)C(=O)N[C@H](CCCN)C(=O)N[C@@H](CCCN)C(=O)NCC(=O)N[C@H](CCCN)C(=O)N[C@@H](Cc1c[nH]c2ccccc12)C(=O)N[C@H](C(=O)N[C@H](C(=O)NCC(=O)N[C@@H](CO)C(=O)O)[C@@H](C)CC)[C@@H](C)O. The summed E-state index contributed by atoms with van der Waals surface area (Å²) < 4.78 is 0. The molecule has 12 atom stereocenters. The number of fused-ring (bicyclic) bond motifs is 2. The number of nitrogens with two attached hydrogens (primary N) is 4. The zero-order valence-corrected chi connectivity index (χ0v) is 65.0. The third-order valence-corrected chi connectivity index (χ3v) is 19.4. The lowest BCUT2D eigenvalue weighted by Gasteiger charge is -2.29. The normalized spacial score (nSPS) is 14.5. The van der Waals surface area contributed by atoms with Crippen molar-refractivity contribution in [3.63, 3.8) is 0 Å². The van der Waals surface area contributed by atoms with Crippen LogP contribution < -0.4 is 86.7 Å². The zero-order valence-electron chi connectivity index (χ0n) is 65.0. The highest BCUT2D eigenvalue weighted by atomic mass is 16.4. The second-order valence-corrected chi connectivity index (χ2v) is 28.3. The van der Waals surface area contributed by atoms with Crippen LogP contribution >= 0.6 is 0 Å². The molecule has 2 heterocycles. The van der Waals surface area contributed by atoms with E-state index in [9.17, 15) is 78.0 Å². The summed E-state index contributed by atoms with van der Waals surface area (Å²) in [5, 5.41) is 72.2. The Balaban J connectivity index is 1.35. The molecular formula is C78H118N18O17. The largest absolute Gasteiger partial charge is 0.508 e. The van der Waals surface area contributed by atoms with Crippen molar-refractivity contribution in [2.45, 2.75) is 223 Å². The van der Waals surface area contributed by atoms with Crippen LogP contribution in [-0.4, -0.2) is 220 Å². The topological polar surface area (TPSA) is 583 Å². The second kappa shape index (κ2) is 49.7. The molecule has 5 aromatic rings. The van der Waals surface area contributed by atoms with E-state index in [1.165, 1.54) is 19.1 Å². The van der Waals surface area contributed by atoms with Gasteiger partial charge in [-0.25, -0.2) is 4.79 Å². The molecule has 113 heavy (non-hydrogen) atoms. The first-order chi connectivity index (χ1) is 54.2. The van der Waals surface area contributed by atoms with Crippen LogP contribution in [-0.2, 0) is 81.6 Å². The first kappa shape index (κ1) is 93.0. The molecular weight excluding hydrogens is 1460 g/mol. The fourth-order valence-corrected chi connectivity index (χ4v) is 12.6. The van der Waals surface area contributed by atoms with Crippen LogP contribution in [0.4, 0.5) is 0 Å². The van der Waals surface area contributed by atoms with Crippen LogP contribution in [0.3, 0.4) is 0 Å². The smallest absolute Gasteiger partial charge is 0.328 e. The third kappa shape index (κ3) is 31.5. The molecule has 0 fully saturated rings. The van der Waals surface area contributed by atoms with Crippen molar-refractivity contribution in [1.82, 2.24) is 73.8 Å². The van der Waals surface area contributed by atoms with E-state index in [0.717, 1.165) is 38.5 Å². The summed E-state index contributed by atoms with van der Waals surface area (Å²) in [6.07, 6.45) is 9.18. The number of aromatic nitrogens is 2. The van der Waals surface area contributed by atoms with E-state index in [1.807, 2.05) is 23.5 Å². The number of aliphatic hydroxyl groups is 2. The first-order valence-corrected chi connectivity index (χ1v) is 39.0. The minimum atomic E-state index is -1.78. The summed E-state index contributed by atoms with van der Waals surface area (Å²) in [6, 6.07) is 5.71. The molecule has 5 rings (SSSR count). The average Bonchev–Trinajstić information content (AvgIpc) is 1.69. The van der Waals surface area contributed by atoms with Crippen molar-refractivity contribution < 1.29 is 82.8 Å². The van der Waals surface area contributed by atoms with Crippen LogP contribution in [0, 0.1) is 5.92 Å². The Kier molecular flexibility index (Phi) is 40.9. The van der Waals surface area contributed by atoms with Crippen molar-refractivity contribution in [2.24, 2.45) is 28.9 Å². The van der Waals surface area contributed by atoms with E-state index in [0.29, 0.717) is 57.8 Å². The van der Waals surface area contributed by atoms with Gasteiger partial charge in [0.1, 0.15) is 66.2 Å². The number of hydrogen-bond donors (Lipinski definition) is 22. The Hall–Kier alpha value is -10.6. The summed E-state index contributed by atoms with van der Waals surface area (Å²) >= 11 is 0. The molecule has 0 aliphatic rings. The summed E-state index contributed by atoms with van der Waals surface area (Å²) in [4.78, 5) is 188. The molecule has 0 spiro atoms. The van der Waals surface area contributed by atoms with E-state index in [1.54, 1.807) is 68.7 Å². The summed E-state index contributed by atoms with van der Waals surface area (Å²) in [5.41, 5.74) is 26.7. The lowest BCUT2D eigenvalue weighted by Crippen LogP contribution is -2.62. The maximum atomic E-state index is 15.0. The molecule has 0 aliphatic carbocycles. The number of aliphatic hydroxyl groups excluding tert-OH is 2. The van der Waals surface area contributed by atoms with Gasteiger partial charge in [-0.15, -0.1) is 0 Å². The maximum Gasteiger partial charge on any atom is 0.328 e. The minimum absolute atomic E-state index is 0.0362. The molecule has 622 valence electrons. The second-order valence-electron chi connectivity index (χ2n) is 28.3. The number of para-hydroxylation sites is 2. The number of aliphatic carboxylic acids is 1. The van der Waals surface area contributed by atoms with Gasteiger partial charge < -0.3 is 117 Å². The molecule has 35 heteroatoms. The van der Waals surface area contributed by atoms with Crippen molar-refractivity contribution in [2.75, 3.05) is 45.9 Å². The van der Waals surface area contributed by atoms with Gasteiger partial charge in [0.15, 0.2) is 0 Å². The van der Waals surface area contributed by atoms with E-state index in [-0.39, 0.29) is 108 Å². The molecule has 35 nitrogen and oxygen atoms in total. The predicted octanol–water partition coefficient (Wildman–Crippen LogP) is -0.937. The number of hydrogen-bond acceptors (Lipinski definition) is 20. The van der Waals surface area contributed by atoms with Gasteiger partial charge in [-0.1, -0.05) is 114 Å². The number of benzene rings is 3. The Bertz CT molecular complexity index is 3910. The van der Waals surface area contributed by atoms with E-state index < -0.39 is 163 Å². The molecule has 0 radical (unpaired) electrons. The Labute approximate surface area is 657 Å². The van der Waals surface area contributed by atoms with Crippen molar-refractivity contribution >= 4 is 98.7 Å².